The van der Waals surface area contributed by atoms with Gasteiger partial charge in [0.25, 0.3) is 0 Å². The van der Waals surface area contributed by atoms with Crippen LogP contribution in [-0.4, -0.2) is 0 Å². The Hall–Kier alpha value is -0.0500. The van der Waals surface area contributed by atoms with Crippen LogP contribution in [0.1, 0.15) is 37.1 Å². The fraction of sp³-hybridized carbons (Fsp3) is 0.636. The van der Waals surface area contributed by atoms with Crippen LogP contribution in [0.3, 0.4) is 0 Å². The molecule has 0 aromatic carbocycles. The maximum atomic E-state index is 6.26. The molecular weight excluding hydrogens is 214 g/mol. The third kappa shape index (κ3) is 1.83. The lowest BCUT2D eigenvalue weighted by molar-refractivity contribution is 0.354. The van der Waals surface area contributed by atoms with Crippen LogP contribution in [0.5, 0.6) is 0 Å². The second kappa shape index (κ2) is 4.21. The summed E-state index contributed by atoms with van der Waals surface area (Å²) in [7, 11) is 0. The number of hydrogen-bond acceptors (Lipinski definition) is 2. The van der Waals surface area contributed by atoms with Gasteiger partial charge in [-0.25, -0.2) is 0 Å². The van der Waals surface area contributed by atoms with E-state index in [-0.39, 0.29) is 6.04 Å². The summed E-state index contributed by atoms with van der Waals surface area (Å²) < 4.78 is 0. The van der Waals surface area contributed by atoms with Gasteiger partial charge in [0.05, 0.1) is 5.02 Å². The minimum absolute atomic E-state index is 0.153. The van der Waals surface area contributed by atoms with Gasteiger partial charge in [-0.05, 0) is 29.7 Å². The van der Waals surface area contributed by atoms with E-state index in [2.05, 4.69) is 6.92 Å². The first-order valence-electron chi connectivity index (χ1n) is 5.18. The fourth-order valence-corrected chi connectivity index (χ4v) is 3.71. The van der Waals surface area contributed by atoms with Crippen LogP contribution in [0.15, 0.2) is 11.4 Å². The average molecular weight is 230 g/mol. The summed E-state index contributed by atoms with van der Waals surface area (Å²) >= 11 is 7.78. The van der Waals surface area contributed by atoms with E-state index in [1.807, 2.05) is 11.4 Å². The molecule has 0 saturated heterocycles. The molecule has 1 fully saturated rings. The standard InChI is InChI=1S/C11H16ClNS/c1-7-3-2-4-8(7)10(13)11-9(12)5-6-14-11/h5-8,10H,2-4,13H2,1H3. The van der Waals surface area contributed by atoms with Gasteiger partial charge in [0.1, 0.15) is 0 Å². The Balaban J connectivity index is 2.15. The van der Waals surface area contributed by atoms with Gasteiger partial charge in [0.2, 0.25) is 0 Å². The third-order valence-corrected chi connectivity index (χ3v) is 4.80. The van der Waals surface area contributed by atoms with Gasteiger partial charge in [0.15, 0.2) is 0 Å². The summed E-state index contributed by atoms with van der Waals surface area (Å²) in [6, 6.07) is 2.10. The van der Waals surface area contributed by atoms with Crippen molar-refractivity contribution in [3.05, 3.63) is 21.3 Å². The molecule has 78 valence electrons. The van der Waals surface area contributed by atoms with E-state index in [4.69, 9.17) is 17.3 Å². The summed E-state index contributed by atoms with van der Waals surface area (Å²) in [6.07, 6.45) is 3.90. The Labute approximate surface area is 94.3 Å². The quantitative estimate of drug-likeness (QED) is 0.820. The number of thiophene rings is 1. The zero-order valence-corrected chi connectivity index (χ0v) is 9.94. The minimum atomic E-state index is 0.153. The van der Waals surface area contributed by atoms with Crippen molar-refractivity contribution in [3.63, 3.8) is 0 Å². The van der Waals surface area contributed by atoms with Crippen LogP contribution in [0, 0.1) is 11.8 Å². The largest absolute Gasteiger partial charge is 0.323 e. The van der Waals surface area contributed by atoms with Crippen molar-refractivity contribution in [2.24, 2.45) is 17.6 Å². The molecule has 1 aromatic rings. The molecule has 1 aliphatic rings. The summed E-state index contributed by atoms with van der Waals surface area (Å²) in [4.78, 5) is 1.17. The molecule has 1 nitrogen and oxygen atoms in total. The predicted octanol–water partition coefficient (Wildman–Crippen LogP) is 3.84. The number of hydrogen-bond donors (Lipinski definition) is 1. The second-order valence-corrected chi connectivity index (χ2v) is 5.59. The van der Waals surface area contributed by atoms with E-state index < -0.39 is 0 Å². The smallest absolute Gasteiger partial charge is 0.0561 e. The molecule has 0 bridgehead atoms. The Bertz CT molecular complexity index is 310. The molecule has 1 aromatic heterocycles. The molecule has 14 heavy (non-hydrogen) atoms. The molecule has 0 amide bonds. The van der Waals surface area contributed by atoms with Gasteiger partial charge in [0, 0.05) is 10.9 Å². The molecule has 0 radical (unpaired) electrons. The fourth-order valence-electron chi connectivity index (χ4n) is 2.45. The van der Waals surface area contributed by atoms with E-state index in [9.17, 15) is 0 Å². The van der Waals surface area contributed by atoms with Crippen molar-refractivity contribution < 1.29 is 0 Å². The molecule has 3 unspecified atom stereocenters. The number of rotatable bonds is 2. The van der Waals surface area contributed by atoms with Crippen molar-refractivity contribution in [2.45, 2.75) is 32.2 Å². The van der Waals surface area contributed by atoms with E-state index in [1.54, 1.807) is 11.3 Å². The van der Waals surface area contributed by atoms with Gasteiger partial charge in [-0.2, -0.15) is 0 Å². The predicted molar refractivity (Wildman–Crippen MR) is 62.8 cm³/mol. The lowest BCUT2D eigenvalue weighted by Crippen LogP contribution is -2.22. The van der Waals surface area contributed by atoms with Crippen LogP contribution >= 0.6 is 22.9 Å². The molecule has 1 heterocycles. The highest BCUT2D eigenvalue weighted by atomic mass is 35.5. The second-order valence-electron chi connectivity index (χ2n) is 4.23. The summed E-state index contributed by atoms with van der Waals surface area (Å²) in [6.45, 7) is 2.30. The van der Waals surface area contributed by atoms with Gasteiger partial charge >= 0.3 is 0 Å². The van der Waals surface area contributed by atoms with Crippen molar-refractivity contribution in [1.29, 1.82) is 0 Å². The molecule has 2 N–H and O–H groups in total. The first-order chi connectivity index (χ1) is 6.70. The summed E-state index contributed by atoms with van der Waals surface area (Å²) in [5, 5.41) is 2.87. The van der Waals surface area contributed by atoms with Gasteiger partial charge in [-0.15, -0.1) is 11.3 Å². The molecule has 2 rings (SSSR count). The lowest BCUT2D eigenvalue weighted by Gasteiger charge is -2.22. The first kappa shape index (κ1) is 10.5. The van der Waals surface area contributed by atoms with Crippen molar-refractivity contribution >= 4 is 22.9 Å². The summed E-state index contributed by atoms with van der Waals surface area (Å²) in [5.41, 5.74) is 6.26. The van der Waals surface area contributed by atoms with Crippen LogP contribution in [0.25, 0.3) is 0 Å². The third-order valence-electron chi connectivity index (χ3n) is 3.34. The molecule has 0 spiro atoms. The first-order valence-corrected chi connectivity index (χ1v) is 6.44. The maximum absolute atomic E-state index is 6.26. The van der Waals surface area contributed by atoms with Gasteiger partial charge in [-0.1, -0.05) is 31.4 Å². The Morgan fingerprint density at radius 3 is 2.86 bits per heavy atom. The molecular formula is C11H16ClNS. The molecule has 3 atom stereocenters. The number of halogens is 1. The highest BCUT2D eigenvalue weighted by molar-refractivity contribution is 7.10. The zero-order valence-electron chi connectivity index (χ0n) is 8.37. The molecule has 0 aliphatic heterocycles. The minimum Gasteiger partial charge on any atom is -0.323 e. The molecule has 3 heteroatoms. The van der Waals surface area contributed by atoms with E-state index in [0.29, 0.717) is 5.92 Å². The highest BCUT2D eigenvalue weighted by Crippen LogP contribution is 2.42. The normalized spacial score (nSPS) is 29.4. The van der Waals surface area contributed by atoms with Gasteiger partial charge < -0.3 is 5.73 Å². The average Bonchev–Trinajstić information content (AvgIpc) is 2.73. The summed E-state index contributed by atoms with van der Waals surface area (Å²) in [5.74, 6) is 1.38. The van der Waals surface area contributed by atoms with Gasteiger partial charge in [-0.3, -0.25) is 0 Å². The van der Waals surface area contributed by atoms with Crippen LogP contribution in [0.2, 0.25) is 5.02 Å². The van der Waals surface area contributed by atoms with E-state index >= 15 is 0 Å². The van der Waals surface area contributed by atoms with E-state index in [0.717, 1.165) is 10.9 Å². The lowest BCUT2D eigenvalue weighted by atomic mass is 9.90. The van der Waals surface area contributed by atoms with Crippen LogP contribution < -0.4 is 5.73 Å². The van der Waals surface area contributed by atoms with Crippen molar-refractivity contribution in [3.8, 4) is 0 Å². The number of nitrogens with two attached hydrogens (primary N) is 1. The molecule has 1 aliphatic carbocycles. The van der Waals surface area contributed by atoms with E-state index in [1.165, 1.54) is 24.1 Å². The Morgan fingerprint density at radius 2 is 2.36 bits per heavy atom. The maximum Gasteiger partial charge on any atom is 0.0561 e. The molecule has 1 saturated carbocycles. The van der Waals surface area contributed by atoms with Crippen molar-refractivity contribution in [1.82, 2.24) is 0 Å². The van der Waals surface area contributed by atoms with Crippen LogP contribution in [0.4, 0.5) is 0 Å². The topological polar surface area (TPSA) is 26.0 Å². The van der Waals surface area contributed by atoms with Crippen molar-refractivity contribution in [2.75, 3.05) is 0 Å². The monoisotopic (exact) mass is 229 g/mol. The SMILES string of the molecule is CC1CCCC1C(N)c1sccc1Cl. The highest BCUT2D eigenvalue weighted by Gasteiger charge is 2.30. The Morgan fingerprint density at radius 1 is 1.57 bits per heavy atom. The zero-order chi connectivity index (χ0) is 10.1. The Kier molecular flexibility index (Phi) is 3.15. The van der Waals surface area contributed by atoms with Crippen LogP contribution in [-0.2, 0) is 0 Å².